The van der Waals surface area contributed by atoms with Gasteiger partial charge in [0.05, 0.1) is 5.52 Å². The summed E-state index contributed by atoms with van der Waals surface area (Å²) in [4.78, 5) is 13.2. The Kier molecular flexibility index (Phi) is 3.97. The first kappa shape index (κ1) is 13.0. The fourth-order valence-corrected chi connectivity index (χ4v) is 2.09. The van der Waals surface area contributed by atoms with E-state index in [-0.39, 0.29) is 0 Å². The fraction of sp³-hybridized carbons (Fsp3) is 0.462. The number of pyridine rings is 1. The van der Waals surface area contributed by atoms with E-state index in [1.165, 1.54) is 0 Å². The molecule has 2 heterocycles. The number of anilines is 1. The Morgan fingerprint density at radius 3 is 2.67 bits per heavy atom. The fourth-order valence-electron chi connectivity index (χ4n) is 1.84. The first-order chi connectivity index (χ1) is 8.61. The van der Waals surface area contributed by atoms with Crippen LogP contribution in [0.5, 0.6) is 0 Å². The second-order valence-electron chi connectivity index (χ2n) is 4.36. The van der Waals surface area contributed by atoms with Gasteiger partial charge in [0.15, 0.2) is 5.82 Å². The van der Waals surface area contributed by atoms with Crippen molar-refractivity contribution in [2.75, 3.05) is 11.9 Å². The zero-order valence-electron chi connectivity index (χ0n) is 10.9. The molecule has 0 aromatic carbocycles. The van der Waals surface area contributed by atoms with Crippen molar-refractivity contribution in [3.05, 3.63) is 22.6 Å². The van der Waals surface area contributed by atoms with Crippen LogP contribution in [0.4, 0.5) is 5.82 Å². The van der Waals surface area contributed by atoms with E-state index >= 15 is 0 Å². The second-order valence-corrected chi connectivity index (χ2v) is 4.75. The smallest absolute Gasteiger partial charge is 0.156 e. The molecule has 0 spiro atoms. The minimum Gasteiger partial charge on any atom is -0.368 e. The van der Waals surface area contributed by atoms with Crippen molar-refractivity contribution in [2.45, 2.75) is 33.6 Å². The third kappa shape index (κ3) is 2.70. The summed E-state index contributed by atoms with van der Waals surface area (Å²) in [7, 11) is 0. The summed E-state index contributed by atoms with van der Waals surface area (Å²) in [6.07, 6.45) is 2.24. The summed E-state index contributed by atoms with van der Waals surface area (Å²) in [6.45, 7) is 6.91. The van der Waals surface area contributed by atoms with Crippen molar-refractivity contribution in [3.63, 3.8) is 0 Å². The van der Waals surface area contributed by atoms with Gasteiger partial charge in [-0.15, -0.1) is 0 Å². The molecule has 2 rings (SSSR count). The van der Waals surface area contributed by atoms with Crippen LogP contribution in [0.15, 0.2) is 6.07 Å². The predicted octanol–water partition coefficient (Wildman–Crippen LogP) is 3.51. The summed E-state index contributed by atoms with van der Waals surface area (Å²) in [5, 5.41) is 3.79. The normalized spacial score (nSPS) is 10.9. The van der Waals surface area contributed by atoms with Crippen molar-refractivity contribution >= 4 is 28.5 Å². The monoisotopic (exact) mass is 264 g/mol. The van der Waals surface area contributed by atoms with Crippen LogP contribution in [-0.2, 0) is 0 Å². The van der Waals surface area contributed by atoms with E-state index in [1.807, 2.05) is 19.9 Å². The van der Waals surface area contributed by atoms with Crippen molar-refractivity contribution < 1.29 is 0 Å². The highest BCUT2D eigenvalue weighted by Gasteiger charge is 2.10. The molecule has 18 heavy (non-hydrogen) atoms. The van der Waals surface area contributed by atoms with Crippen molar-refractivity contribution in [1.82, 2.24) is 15.0 Å². The van der Waals surface area contributed by atoms with Gasteiger partial charge in [-0.05, 0) is 31.9 Å². The summed E-state index contributed by atoms with van der Waals surface area (Å²) in [5.74, 6) is 1.52. The Hall–Kier alpha value is -1.42. The Balaban J connectivity index is 2.50. The predicted molar refractivity (Wildman–Crippen MR) is 75.2 cm³/mol. The molecule has 0 unspecified atom stereocenters. The maximum Gasteiger partial charge on any atom is 0.156 e. The van der Waals surface area contributed by atoms with Gasteiger partial charge < -0.3 is 5.32 Å². The molecule has 0 amide bonds. The van der Waals surface area contributed by atoms with Gasteiger partial charge >= 0.3 is 0 Å². The molecule has 0 aliphatic heterocycles. The minimum atomic E-state index is 0.478. The van der Waals surface area contributed by atoms with Gasteiger partial charge in [0.2, 0.25) is 0 Å². The largest absolute Gasteiger partial charge is 0.368 e. The first-order valence-corrected chi connectivity index (χ1v) is 6.55. The van der Waals surface area contributed by atoms with Gasteiger partial charge in [0.1, 0.15) is 16.5 Å². The van der Waals surface area contributed by atoms with Crippen molar-refractivity contribution in [1.29, 1.82) is 0 Å². The maximum atomic E-state index is 6.00. The number of halogens is 1. The molecule has 1 N–H and O–H groups in total. The molecule has 2 aromatic rings. The number of hydrogen-bond donors (Lipinski definition) is 1. The van der Waals surface area contributed by atoms with E-state index in [4.69, 9.17) is 11.6 Å². The number of aryl methyl sites for hydroxylation is 2. The van der Waals surface area contributed by atoms with Crippen LogP contribution in [-0.4, -0.2) is 21.5 Å². The highest BCUT2D eigenvalue weighted by atomic mass is 35.5. The van der Waals surface area contributed by atoms with Gasteiger partial charge in [0.25, 0.3) is 0 Å². The summed E-state index contributed by atoms with van der Waals surface area (Å²) >= 11 is 6.00. The molecule has 5 heteroatoms. The zero-order valence-corrected chi connectivity index (χ0v) is 11.7. The molecule has 0 fully saturated rings. The molecule has 0 saturated carbocycles. The second kappa shape index (κ2) is 5.48. The summed E-state index contributed by atoms with van der Waals surface area (Å²) in [5.41, 5.74) is 2.64. The Labute approximate surface area is 112 Å². The first-order valence-electron chi connectivity index (χ1n) is 6.17. The summed E-state index contributed by atoms with van der Waals surface area (Å²) < 4.78 is 0. The molecular weight excluding hydrogens is 248 g/mol. The van der Waals surface area contributed by atoms with E-state index in [9.17, 15) is 0 Å². The van der Waals surface area contributed by atoms with Crippen LogP contribution in [0.25, 0.3) is 11.0 Å². The van der Waals surface area contributed by atoms with Crippen LogP contribution >= 0.6 is 11.6 Å². The lowest BCUT2D eigenvalue weighted by Gasteiger charge is -2.10. The topological polar surface area (TPSA) is 50.7 Å². The van der Waals surface area contributed by atoms with Crippen molar-refractivity contribution in [2.24, 2.45) is 0 Å². The molecule has 0 aliphatic carbocycles. The average Bonchev–Trinajstić information content (AvgIpc) is 2.31. The third-order valence-corrected chi connectivity index (χ3v) is 2.94. The number of rotatable bonds is 4. The maximum absolute atomic E-state index is 6.00. The molecule has 0 atom stereocenters. The van der Waals surface area contributed by atoms with Crippen LogP contribution in [0.3, 0.4) is 0 Å². The molecule has 0 aliphatic rings. The van der Waals surface area contributed by atoms with E-state index in [2.05, 4.69) is 27.2 Å². The Bertz CT molecular complexity index is 568. The Morgan fingerprint density at radius 1 is 1.17 bits per heavy atom. The van der Waals surface area contributed by atoms with Gasteiger partial charge in [-0.3, -0.25) is 0 Å². The van der Waals surface area contributed by atoms with Crippen LogP contribution in [0.2, 0.25) is 5.15 Å². The van der Waals surface area contributed by atoms with Gasteiger partial charge in [0, 0.05) is 6.54 Å². The van der Waals surface area contributed by atoms with E-state index < -0.39 is 0 Å². The third-order valence-electron chi connectivity index (χ3n) is 2.75. The average molecular weight is 265 g/mol. The molecule has 96 valence electrons. The standard InChI is InChI=1S/C13H17ClN4/c1-4-5-6-15-13-12-11(16-9(3)17-13)8(2)7-10(14)18-12/h7H,4-6H2,1-3H3,(H,15,16,17). The van der Waals surface area contributed by atoms with Crippen LogP contribution in [0, 0.1) is 13.8 Å². The molecule has 4 nitrogen and oxygen atoms in total. The minimum absolute atomic E-state index is 0.478. The number of hydrogen-bond acceptors (Lipinski definition) is 4. The quantitative estimate of drug-likeness (QED) is 0.678. The summed E-state index contributed by atoms with van der Waals surface area (Å²) in [6, 6.07) is 1.83. The molecule has 0 saturated heterocycles. The van der Waals surface area contributed by atoms with E-state index in [0.717, 1.165) is 47.6 Å². The van der Waals surface area contributed by atoms with Crippen molar-refractivity contribution in [3.8, 4) is 0 Å². The number of aromatic nitrogens is 3. The van der Waals surface area contributed by atoms with E-state index in [0.29, 0.717) is 5.15 Å². The lowest BCUT2D eigenvalue weighted by molar-refractivity contribution is 0.830. The SMILES string of the molecule is CCCCNc1nc(C)nc2c(C)cc(Cl)nc12. The van der Waals surface area contributed by atoms with Gasteiger partial charge in [-0.2, -0.15) is 0 Å². The number of nitrogens with one attached hydrogen (secondary N) is 1. The number of nitrogens with zero attached hydrogens (tertiary/aromatic N) is 3. The highest BCUT2D eigenvalue weighted by Crippen LogP contribution is 2.23. The van der Waals surface area contributed by atoms with E-state index in [1.54, 1.807) is 0 Å². The number of unbranched alkanes of at least 4 members (excludes halogenated alkanes) is 1. The molecule has 0 radical (unpaired) electrons. The lowest BCUT2D eigenvalue weighted by atomic mass is 10.2. The highest BCUT2D eigenvalue weighted by molar-refractivity contribution is 6.30. The van der Waals surface area contributed by atoms with Crippen LogP contribution in [0.1, 0.15) is 31.2 Å². The zero-order chi connectivity index (χ0) is 13.1. The lowest BCUT2D eigenvalue weighted by Crippen LogP contribution is -2.07. The molecular formula is C13H17ClN4. The van der Waals surface area contributed by atoms with Gasteiger partial charge in [-0.25, -0.2) is 15.0 Å². The van der Waals surface area contributed by atoms with Gasteiger partial charge in [-0.1, -0.05) is 24.9 Å². The molecule has 2 aromatic heterocycles. The Morgan fingerprint density at radius 2 is 1.94 bits per heavy atom. The van der Waals surface area contributed by atoms with Crippen LogP contribution < -0.4 is 5.32 Å². The molecule has 0 bridgehead atoms. The number of fused-ring (bicyclic) bond motifs is 1.